The second-order valence-electron chi connectivity index (χ2n) is 2.69. The minimum atomic E-state index is -0.00565. The summed E-state index contributed by atoms with van der Waals surface area (Å²) in [6.45, 7) is 0. The Bertz CT molecular complexity index is 322. The van der Waals surface area contributed by atoms with E-state index in [9.17, 15) is 4.79 Å². The molecule has 0 amide bonds. The molecule has 0 unspecified atom stereocenters. The van der Waals surface area contributed by atoms with Crippen molar-refractivity contribution in [1.82, 2.24) is 4.98 Å². The van der Waals surface area contributed by atoms with E-state index in [4.69, 9.17) is 0 Å². The number of nitrogens with one attached hydrogen (secondary N) is 1. The van der Waals surface area contributed by atoms with Crippen molar-refractivity contribution in [3.8, 4) is 0 Å². The molecule has 0 aliphatic carbocycles. The average molecular weight is 215 g/mol. The Morgan fingerprint density at radius 2 is 1.92 bits per heavy atom. The zero-order chi connectivity index (χ0) is 9.68. The molecule has 0 aliphatic heterocycles. The SMILES string of the molecule is CSCc1ccc(=O)[nH]c1CSC. The Labute approximate surface area is 86.5 Å². The highest BCUT2D eigenvalue weighted by Gasteiger charge is 2.01. The van der Waals surface area contributed by atoms with Gasteiger partial charge >= 0.3 is 0 Å². The molecule has 2 nitrogen and oxygen atoms in total. The quantitative estimate of drug-likeness (QED) is 0.835. The Hall–Kier alpha value is -0.350. The van der Waals surface area contributed by atoms with E-state index in [1.54, 1.807) is 29.6 Å². The third kappa shape index (κ3) is 3.12. The predicted molar refractivity (Wildman–Crippen MR) is 61.5 cm³/mol. The molecule has 1 rings (SSSR count). The van der Waals surface area contributed by atoms with Crippen LogP contribution in [0.5, 0.6) is 0 Å². The van der Waals surface area contributed by atoms with Crippen LogP contribution in [-0.2, 0) is 11.5 Å². The molecule has 0 radical (unpaired) electrons. The lowest BCUT2D eigenvalue weighted by Gasteiger charge is -2.05. The van der Waals surface area contributed by atoms with E-state index < -0.39 is 0 Å². The average Bonchev–Trinajstić information content (AvgIpc) is 2.10. The van der Waals surface area contributed by atoms with Gasteiger partial charge in [-0.15, -0.1) is 0 Å². The predicted octanol–water partition coefficient (Wildman–Crippen LogP) is 2.10. The van der Waals surface area contributed by atoms with Gasteiger partial charge in [0.15, 0.2) is 0 Å². The number of pyridine rings is 1. The van der Waals surface area contributed by atoms with E-state index in [1.165, 1.54) is 5.56 Å². The minimum Gasteiger partial charge on any atom is -0.325 e. The van der Waals surface area contributed by atoms with E-state index >= 15 is 0 Å². The summed E-state index contributed by atoms with van der Waals surface area (Å²) in [5.41, 5.74) is 2.30. The molecule has 4 heteroatoms. The fourth-order valence-electron chi connectivity index (χ4n) is 1.11. The highest BCUT2D eigenvalue weighted by Crippen LogP contribution is 2.15. The van der Waals surface area contributed by atoms with Crippen LogP contribution in [0, 0.1) is 0 Å². The molecule has 0 aromatic carbocycles. The maximum Gasteiger partial charge on any atom is 0.248 e. The summed E-state index contributed by atoms with van der Waals surface area (Å²) in [7, 11) is 0. The third-order valence-electron chi connectivity index (χ3n) is 1.69. The Balaban J connectivity index is 2.96. The normalized spacial score (nSPS) is 10.3. The number of thioether (sulfide) groups is 2. The standard InChI is InChI=1S/C9H13NOS2/c1-12-5-7-3-4-9(11)10-8(7)6-13-2/h3-4H,5-6H2,1-2H3,(H,10,11). The first kappa shape index (κ1) is 10.7. The van der Waals surface area contributed by atoms with E-state index in [2.05, 4.69) is 11.2 Å². The molecule has 0 saturated carbocycles. The number of hydrogen-bond donors (Lipinski definition) is 1. The van der Waals surface area contributed by atoms with E-state index in [-0.39, 0.29) is 5.56 Å². The zero-order valence-electron chi connectivity index (χ0n) is 7.79. The monoisotopic (exact) mass is 215 g/mol. The second kappa shape index (κ2) is 5.40. The van der Waals surface area contributed by atoms with Gasteiger partial charge in [0.2, 0.25) is 5.56 Å². The number of hydrogen-bond acceptors (Lipinski definition) is 3. The van der Waals surface area contributed by atoms with Crippen LogP contribution < -0.4 is 5.56 Å². The van der Waals surface area contributed by atoms with Gasteiger partial charge in [-0.3, -0.25) is 4.79 Å². The van der Waals surface area contributed by atoms with Crippen molar-refractivity contribution in [1.29, 1.82) is 0 Å². The summed E-state index contributed by atoms with van der Waals surface area (Å²) in [6, 6.07) is 3.51. The van der Waals surface area contributed by atoms with E-state index in [0.717, 1.165) is 17.2 Å². The van der Waals surface area contributed by atoms with Crippen LogP contribution in [0.25, 0.3) is 0 Å². The summed E-state index contributed by atoms with van der Waals surface area (Å²) >= 11 is 3.49. The molecule has 1 heterocycles. The summed E-state index contributed by atoms with van der Waals surface area (Å²) in [4.78, 5) is 13.9. The van der Waals surface area contributed by atoms with Gasteiger partial charge in [-0.1, -0.05) is 6.07 Å². The van der Waals surface area contributed by atoms with Crippen molar-refractivity contribution >= 4 is 23.5 Å². The van der Waals surface area contributed by atoms with Crippen molar-refractivity contribution < 1.29 is 0 Å². The lowest BCUT2D eigenvalue weighted by Crippen LogP contribution is -2.08. The van der Waals surface area contributed by atoms with Crippen LogP contribution in [-0.4, -0.2) is 17.5 Å². The molecule has 0 atom stereocenters. The first-order chi connectivity index (χ1) is 6.27. The van der Waals surface area contributed by atoms with E-state index in [1.807, 2.05) is 12.3 Å². The maximum absolute atomic E-state index is 11.0. The molecule has 1 N–H and O–H groups in total. The van der Waals surface area contributed by atoms with Crippen molar-refractivity contribution in [3.63, 3.8) is 0 Å². The van der Waals surface area contributed by atoms with Crippen LogP contribution in [0.3, 0.4) is 0 Å². The van der Waals surface area contributed by atoms with Crippen LogP contribution in [0.2, 0.25) is 0 Å². The van der Waals surface area contributed by atoms with Crippen LogP contribution in [0.15, 0.2) is 16.9 Å². The first-order valence-electron chi connectivity index (χ1n) is 3.97. The van der Waals surface area contributed by atoms with Crippen molar-refractivity contribution in [2.45, 2.75) is 11.5 Å². The van der Waals surface area contributed by atoms with Gasteiger partial charge in [-0.05, 0) is 18.1 Å². The molecule has 1 aromatic rings. The van der Waals surface area contributed by atoms with E-state index in [0.29, 0.717) is 0 Å². The largest absolute Gasteiger partial charge is 0.325 e. The topological polar surface area (TPSA) is 32.9 Å². The van der Waals surface area contributed by atoms with Gasteiger partial charge in [0.25, 0.3) is 0 Å². The van der Waals surface area contributed by atoms with Gasteiger partial charge in [0, 0.05) is 23.3 Å². The van der Waals surface area contributed by atoms with Crippen LogP contribution in [0.4, 0.5) is 0 Å². The first-order valence-corrected chi connectivity index (χ1v) is 6.75. The zero-order valence-corrected chi connectivity index (χ0v) is 9.43. The van der Waals surface area contributed by atoms with Crippen molar-refractivity contribution in [2.24, 2.45) is 0 Å². The summed E-state index contributed by atoms with van der Waals surface area (Å²) in [5.74, 6) is 1.85. The number of rotatable bonds is 4. The summed E-state index contributed by atoms with van der Waals surface area (Å²) in [5, 5.41) is 0. The fraction of sp³-hybridized carbons (Fsp3) is 0.444. The molecular formula is C9H13NOS2. The molecule has 13 heavy (non-hydrogen) atoms. The fourth-order valence-corrected chi connectivity index (χ4v) is 2.24. The molecule has 72 valence electrons. The molecular weight excluding hydrogens is 202 g/mol. The molecule has 0 bridgehead atoms. The lowest BCUT2D eigenvalue weighted by molar-refractivity contribution is 1.08. The lowest BCUT2D eigenvalue weighted by atomic mass is 10.2. The Morgan fingerprint density at radius 1 is 1.23 bits per heavy atom. The third-order valence-corrected chi connectivity index (χ3v) is 2.86. The van der Waals surface area contributed by atoms with Crippen molar-refractivity contribution in [3.05, 3.63) is 33.7 Å². The molecule has 0 saturated heterocycles. The number of aromatic nitrogens is 1. The second-order valence-corrected chi connectivity index (χ2v) is 4.42. The highest BCUT2D eigenvalue weighted by atomic mass is 32.2. The molecule has 0 aliphatic rings. The summed E-state index contributed by atoms with van der Waals surface area (Å²) in [6.07, 6.45) is 4.10. The van der Waals surface area contributed by atoms with Crippen LogP contribution >= 0.6 is 23.5 Å². The Morgan fingerprint density at radius 3 is 2.54 bits per heavy atom. The van der Waals surface area contributed by atoms with Gasteiger partial charge in [0.05, 0.1) is 0 Å². The van der Waals surface area contributed by atoms with Gasteiger partial charge < -0.3 is 4.98 Å². The van der Waals surface area contributed by atoms with Gasteiger partial charge in [-0.2, -0.15) is 23.5 Å². The number of aromatic amines is 1. The maximum atomic E-state index is 11.0. The molecule has 0 spiro atoms. The summed E-state index contributed by atoms with van der Waals surface area (Å²) < 4.78 is 0. The molecule has 0 fully saturated rings. The van der Waals surface area contributed by atoms with Gasteiger partial charge in [0.1, 0.15) is 0 Å². The number of H-pyrrole nitrogens is 1. The molecule has 1 aromatic heterocycles. The highest BCUT2D eigenvalue weighted by molar-refractivity contribution is 7.98. The van der Waals surface area contributed by atoms with Gasteiger partial charge in [-0.25, -0.2) is 0 Å². The minimum absolute atomic E-state index is 0.00565. The van der Waals surface area contributed by atoms with Crippen LogP contribution in [0.1, 0.15) is 11.3 Å². The smallest absolute Gasteiger partial charge is 0.248 e. The Kier molecular flexibility index (Phi) is 4.45. The van der Waals surface area contributed by atoms with Crippen molar-refractivity contribution in [2.75, 3.05) is 12.5 Å².